The summed E-state index contributed by atoms with van der Waals surface area (Å²) in [6.07, 6.45) is -0.172. The minimum absolute atomic E-state index is 0.102. The Labute approximate surface area is 110 Å². The zero-order valence-corrected chi connectivity index (χ0v) is 10.7. The van der Waals surface area contributed by atoms with Gasteiger partial charge < -0.3 is 18.9 Å². The van der Waals surface area contributed by atoms with Gasteiger partial charge in [0.1, 0.15) is 5.75 Å². The lowest BCUT2D eigenvalue weighted by Gasteiger charge is -2.15. The molecule has 0 amide bonds. The third-order valence-corrected chi connectivity index (χ3v) is 2.55. The summed E-state index contributed by atoms with van der Waals surface area (Å²) in [6.45, 7) is 3.64. The quantitative estimate of drug-likeness (QED) is 0.595. The van der Waals surface area contributed by atoms with E-state index in [4.69, 9.17) is 18.9 Å². The molecule has 1 aromatic rings. The van der Waals surface area contributed by atoms with Crippen LogP contribution in [0, 0.1) is 0 Å². The summed E-state index contributed by atoms with van der Waals surface area (Å²) in [6, 6.07) is 3.05. The lowest BCUT2D eigenvalue weighted by Crippen LogP contribution is -2.26. The smallest absolute Gasteiger partial charge is 0.347 e. The molecular formula is C13H14O6. The highest BCUT2D eigenvalue weighted by atomic mass is 16.7. The number of hydrogen-bond acceptors (Lipinski definition) is 6. The average Bonchev–Trinajstić information content (AvgIpc) is 2.85. The van der Waals surface area contributed by atoms with Gasteiger partial charge in [0.05, 0.1) is 12.2 Å². The fraction of sp³-hybridized carbons (Fsp3) is 0.385. The van der Waals surface area contributed by atoms with Gasteiger partial charge in [0.2, 0.25) is 6.79 Å². The van der Waals surface area contributed by atoms with E-state index >= 15 is 0 Å². The molecular weight excluding hydrogens is 252 g/mol. The molecule has 0 N–H and O–H groups in total. The fourth-order valence-corrected chi connectivity index (χ4v) is 1.63. The number of benzene rings is 1. The van der Waals surface area contributed by atoms with Crippen LogP contribution >= 0.6 is 0 Å². The summed E-state index contributed by atoms with van der Waals surface area (Å²) >= 11 is 0. The van der Waals surface area contributed by atoms with Crippen molar-refractivity contribution in [1.29, 1.82) is 0 Å². The van der Waals surface area contributed by atoms with Gasteiger partial charge in [-0.25, -0.2) is 4.79 Å². The standard InChI is InChI=1S/C13H14O6/c1-3-16-13(15)8(2)19-10-5-12-11(17-7-18-12)4-9(10)6-14/h4-6,8H,3,7H2,1-2H3. The Morgan fingerprint density at radius 1 is 1.42 bits per heavy atom. The van der Waals surface area contributed by atoms with Crippen molar-refractivity contribution in [3.05, 3.63) is 17.7 Å². The number of esters is 1. The molecule has 1 aliphatic rings. The van der Waals surface area contributed by atoms with Gasteiger partial charge in [0, 0.05) is 6.07 Å². The molecule has 1 unspecified atom stereocenters. The molecule has 1 aromatic carbocycles. The van der Waals surface area contributed by atoms with Crippen molar-refractivity contribution < 1.29 is 28.5 Å². The highest BCUT2D eigenvalue weighted by molar-refractivity contribution is 5.82. The molecule has 0 aromatic heterocycles. The molecule has 19 heavy (non-hydrogen) atoms. The number of hydrogen-bond donors (Lipinski definition) is 0. The van der Waals surface area contributed by atoms with Crippen molar-refractivity contribution in [1.82, 2.24) is 0 Å². The van der Waals surface area contributed by atoms with Crippen LogP contribution < -0.4 is 14.2 Å². The zero-order chi connectivity index (χ0) is 13.8. The molecule has 0 saturated carbocycles. The van der Waals surface area contributed by atoms with Crippen LogP contribution in [-0.4, -0.2) is 31.8 Å². The van der Waals surface area contributed by atoms with Crippen LogP contribution in [-0.2, 0) is 9.53 Å². The Bertz CT molecular complexity index is 496. The van der Waals surface area contributed by atoms with Crippen molar-refractivity contribution in [3.8, 4) is 17.2 Å². The fourth-order valence-electron chi connectivity index (χ4n) is 1.63. The summed E-state index contributed by atoms with van der Waals surface area (Å²) in [5.74, 6) is 0.742. The molecule has 1 heterocycles. The molecule has 0 fully saturated rings. The first kappa shape index (κ1) is 13.2. The van der Waals surface area contributed by atoms with Crippen molar-refractivity contribution in [3.63, 3.8) is 0 Å². The number of carbonyl (C=O) groups is 2. The van der Waals surface area contributed by atoms with Crippen LogP contribution in [0.25, 0.3) is 0 Å². The van der Waals surface area contributed by atoms with E-state index in [2.05, 4.69) is 0 Å². The van der Waals surface area contributed by atoms with Crippen molar-refractivity contribution in [2.75, 3.05) is 13.4 Å². The van der Waals surface area contributed by atoms with Gasteiger partial charge in [-0.3, -0.25) is 4.79 Å². The van der Waals surface area contributed by atoms with Crippen molar-refractivity contribution in [2.45, 2.75) is 20.0 Å². The lowest BCUT2D eigenvalue weighted by atomic mass is 10.2. The monoisotopic (exact) mass is 266 g/mol. The van der Waals surface area contributed by atoms with Gasteiger partial charge in [0.15, 0.2) is 23.9 Å². The molecule has 102 valence electrons. The van der Waals surface area contributed by atoms with E-state index in [1.807, 2.05) is 0 Å². The van der Waals surface area contributed by atoms with E-state index in [-0.39, 0.29) is 19.1 Å². The maximum atomic E-state index is 11.5. The van der Waals surface area contributed by atoms with Crippen LogP contribution in [0.4, 0.5) is 0 Å². The highest BCUT2D eigenvalue weighted by Crippen LogP contribution is 2.37. The minimum Gasteiger partial charge on any atom is -0.478 e. The Hall–Kier alpha value is -2.24. The number of fused-ring (bicyclic) bond motifs is 1. The average molecular weight is 266 g/mol. The van der Waals surface area contributed by atoms with Crippen LogP contribution in [0.3, 0.4) is 0 Å². The summed E-state index contributed by atoms with van der Waals surface area (Å²) < 4.78 is 20.6. The second-order valence-electron chi connectivity index (χ2n) is 3.87. The van der Waals surface area contributed by atoms with Gasteiger partial charge in [-0.05, 0) is 19.9 Å². The SMILES string of the molecule is CCOC(=O)C(C)Oc1cc2c(cc1C=O)OCO2. The topological polar surface area (TPSA) is 71.1 Å². The number of ether oxygens (including phenoxy) is 4. The molecule has 1 aliphatic heterocycles. The van der Waals surface area contributed by atoms with Gasteiger partial charge >= 0.3 is 5.97 Å². The molecule has 6 heteroatoms. The van der Waals surface area contributed by atoms with Gasteiger partial charge in [-0.15, -0.1) is 0 Å². The number of aldehydes is 1. The summed E-state index contributed by atoms with van der Waals surface area (Å²) in [5, 5.41) is 0. The molecule has 2 rings (SSSR count). The maximum absolute atomic E-state index is 11.5. The first-order chi connectivity index (χ1) is 9.15. The van der Waals surface area contributed by atoms with E-state index < -0.39 is 12.1 Å². The van der Waals surface area contributed by atoms with E-state index in [0.29, 0.717) is 23.3 Å². The molecule has 0 spiro atoms. The Morgan fingerprint density at radius 3 is 2.74 bits per heavy atom. The minimum atomic E-state index is -0.806. The Balaban J connectivity index is 2.20. The van der Waals surface area contributed by atoms with Gasteiger partial charge in [0.25, 0.3) is 0 Å². The first-order valence-corrected chi connectivity index (χ1v) is 5.87. The third kappa shape index (κ3) is 2.78. The number of rotatable bonds is 5. The summed E-state index contributed by atoms with van der Waals surface area (Å²) in [7, 11) is 0. The van der Waals surface area contributed by atoms with Crippen molar-refractivity contribution in [2.24, 2.45) is 0 Å². The van der Waals surface area contributed by atoms with E-state index in [1.165, 1.54) is 12.1 Å². The van der Waals surface area contributed by atoms with E-state index in [9.17, 15) is 9.59 Å². The summed E-state index contributed by atoms with van der Waals surface area (Å²) in [5.41, 5.74) is 0.292. The molecule has 0 radical (unpaired) electrons. The van der Waals surface area contributed by atoms with Crippen LogP contribution in [0.2, 0.25) is 0 Å². The Morgan fingerprint density at radius 2 is 2.11 bits per heavy atom. The second-order valence-corrected chi connectivity index (χ2v) is 3.87. The predicted octanol–water partition coefficient (Wildman–Crippen LogP) is 1.56. The first-order valence-electron chi connectivity index (χ1n) is 5.87. The second kappa shape index (κ2) is 5.60. The maximum Gasteiger partial charge on any atom is 0.347 e. The molecule has 1 atom stereocenters. The van der Waals surface area contributed by atoms with Gasteiger partial charge in [-0.2, -0.15) is 0 Å². The molecule has 0 aliphatic carbocycles. The normalized spacial score (nSPS) is 13.8. The van der Waals surface area contributed by atoms with Crippen LogP contribution in [0.5, 0.6) is 17.2 Å². The van der Waals surface area contributed by atoms with Gasteiger partial charge in [-0.1, -0.05) is 0 Å². The highest BCUT2D eigenvalue weighted by Gasteiger charge is 2.22. The van der Waals surface area contributed by atoms with E-state index in [1.54, 1.807) is 13.8 Å². The third-order valence-electron chi connectivity index (χ3n) is 2.55. The molecule has 6 nitrogen and oxygen atoms in total. The lowest BCUT2D eigenvalue weighted by molar-refractivity contribution is -0.150. The van der Waals surface area contributed by atoms with Crippen molar-refractivity contribution >= 4 is 12.3 Å². The molecule has 0 bridgehead atoms. The summed E-state index contributed by atoms with van der Waals surface area (Å²) in [4.78, 5) is 22.5. The predicted molar refractivity (Wildman–Crippen MR) is 64.7 cm³/mol. The van der Waals surface area contributed by atoms with E-state index in [0.717, 1.165) is 0 Å². The van der Waals surface area contributed by atoms with Crippen LogP contribution in [0.1, 0.15) is 24.2 Å². The number of carbonyl (C=O) groups excluding carboxylic acids is 2. The van der Waals surface area contributed by atoms with Crippen LogP contribution in [0.15, 0.2) is 12.1 Å². The zero-order valence-electron chi connectivity index (χ0n) is 10.7. The Kier molecular flexibility index (Phi) is 3.89. The largest absolute Gasteiger partial charge is 0.478 e. The molecule has 0 saturated heterocycles.